The van der Waals surface area contributed by atoms with Gasteiger partial charge in [0.15, 0.2) is 29.3 Å². The van der Waals surface area contributed by atoms with Crippen LogP contribution in [0.15, 0.2) is 18.2 Å². The molecule has 174 valence electrons. The molecule has 4 rings (SSSR count). The highest BCUT2D eigenvalue weighted by Crippen LogP contribution is 2.56. The van der Waals surface area contributed by atoms with Gasteiger partial charge in [0.2, 0.25) is 11.5 Å². The lowest BCUT2D eigenvalue weighted by atomic mass is 9.67. The van der Waals surface area contributed by atoms with Crippen LogP contribution >= 0.6 is 0 Å². The van der Waals surface area contributed by atoms with E-state index in [1.165, 1.54) is 0 Å². The van der Waals surface area contributed by atoms with Gasteiger partial charge in [-0.05, 0) is 41.7 Å². The Kier molecular flexibility index (Phi) is 6.26. The van der Waals surface area contributed by atoms with Crippen molar-refractivity contribution in [1.82, 2.24) is 0 Å². The van der Waals surface area contributed by atoms with Crippen LogP contribution in [-0.4, -0.2) is 60.7 Å². The fourth-order valence-corrected chi connectivity index (χ4v) is 5.19. The molecule has 8 nitrogen and oxygen atoms in total. The smallest absolute Gasteiger partial charge is 0.203 e. The number of methoxy groups -OCH3 is 6. The lowest BCUT2D eigenvalue weighted by molar-refractivity contribution is -0.0854. The van der Waals surface area contributed by atoms with Crippen LogP contribution in [0.3, 0.4) is 0 Å². The minimum Gasteiger partial charge on any atom is -0.493 e. The summed E-state index contributed by atoms with van der Waals surface area (Å²) in [4.78, 5) is 0. The number of ether oxygens (including phenoxy) is 7. The summed E-state index contributed by atoms with van der Waals surface area (Å²) < 4.78 is 39.5. The van der Waals surface area contributed by atoms with Crippen molar-refractivity contribution < 1.29 is 38.3 Å². The summed E-state index contributed by atoms with van der Waals surface area (Å²) in [7, 11) is 9.54. The first kappa shape index (κ1) is 22.4. The molecule has 1 N–H and O–H groups in total. The second-order valence-corrected chi connectivity index (χ2v) is 7.92. The predicted octanol–water partition coefficient (Wildman–Crippen LogP) is 3.01. The van der Waals surface area contributed by atoms with E-state index < -0.39 is 6.29 Å². The monoisotopic (exact) mass is 446 g/mol. The van der Waals surface area contributed by atoms with Crippen molar-refractivity contribution in [3.8, 4) is 34.5 Å². The molecule has 0 radical (unpaired) electrons. The van der Waals surface area contributed by atoms with Gasteiger partial charge in [0, 0.05) is 17.4 Å². The van der Waals surface area contributed by atoms with Gasteiger partial charge < -0.3 is 38.3 Å². The van der Waals surface area contributed by atoms with Gasteiger partial charge in [-0.15, -0.1) is 0 Å². The minimum atomic E-state index is -0.907. The SMILES string of the molecule is COc1cc(C2c3c(cc(OC)c(OC)c3OC)CC3COC(O)C32)cc(OC)c1OC. The molecule has 1 heterocycles. The summed E-state index contributed by atoms with van der Waals surface area (Å²) in [5, 5.41) is 10.8. The van der Waals surface area contributed by atoms with Crippen LogP contribution < -0.4 is 28.4 Å². The standard InChI is InChI=1S/C24H30O8/c1-26-15-9-13(10-16(27-2)21(15)29-4)18-19-12(7-14-11-32-24(25)20(14)18)8-17(28-3)22(30-5)23(19)31-6/h8-10,14,18,20,24-25H,7,11H2,1-6H3. The Morgan fingerprint density at radius 2 is 1.31 bits per heavy atom. The fourth-order valence-electron chi connectivity index (χ4n) is 5.19. The predicted molar refractivity (Wildman–Crippen MR) is 117 cm³/mol. The van der Waals surface area contributed by atoms with E-state index in [0.717, 1.165) is 23.1 Å². The molecule has 1 saturated heterocycles. The Hall–Kier alpha value is -2.84. The van der Waals surface area contributed by atoms with Crippen molar-refractivity contribution in [2.45, 2.75) is 18.6 Å². The molecule has 0 saturated carbocycles. The molecule has 1 aliphatic heterocycles. The number of fused-ring (bicyclic) bond motifs is 2. The summed E-state index contributed by atoms with van der Waals surface area (Å²) in [5.41, 5.74) is 2.90. The van der Waals surface area contributed by atoms with E-state index in [1.54, 1.807) is 42.7 Å². The van der Waals surface area contributed by atoms with E-state index in [4.69, 9.17) is 33.2 Å². The first-order chi connectivity index (χ1) is 15.5. The molecule has 2 aromatic rings. The minimum absolute atomic E-state index is 0.129. The summed E-state index contributed by atoms with van der Waals surface area (Å²) in [6.45, 7) is 0.475. The van der Waals surface area contributed by atoms with Crippen LogP contribution in [0.1, 0.15) is 22.6 Å². The lowest BCUT2D eigenvalue weighted by Gasteiger charge is -2.38. The number of hydrogen-bond donors (Lipinski definition) is 1. The maximum absolute atomic E-state index is 10.8. The Bertz CT molecular complexity index is 963. The van der Waals surface area contributed by atoms with Crippen LogP contribution in [0, 0.1) is 11.8 Å². The molecule has 1 aliphatic carbocycles. The van der Waals surface area contributed by atoms with E-state index in [2.05, 4.69) is 0 Å². The van der Waals surface area contributed by atoms with Gasteiger partial charge in [-0.3, -0.25) is 0 Å². The Labute approximate surface area is 187 Å². The molecular formula is C24H30O8. The molecular weight excluding hydrogens is 416 g/mol. The second-order valence-electron chi connectivity index (χ2n) is 7.92. The highest BCUT2D eigenvalue weighted by molar-refractivity contribution is 5.64. The highest BCUT2D eigenvalue weighted by Gasteiger charge is 2.48. The summed E-state index contributed by atoms with van der Waals surface area (Å²) >= 11 is 0. The topological polar surface area (TPSA) is 84.8 Å². The number of hydrogen-bond acceptors (Lipinski definition) is 8. The molecule has 1 fully saturated rings. The third kappa shape index (κ3) is 3.38. The maximum Gasteiger partial charge on any atom is 0.203 e. The third-order valence-corrected chi connectivity index (χ3v) is 6.53. The Balaban J connectivity index is 2.01. The molecule has 0 amide bonds. The van der Waals surface area contributed by atoms with E-state index >= 15 is 0 Å². The molecule has 4 unspecified atom stereocenters. The zero-order valence-electron chi connectivity index (χ0n) is 19.3. The lowest BCUT2D eigenvalue weighted by Crippen LogP contribution is -2.34. The van der Waals surface area contributed by atoms with Crippen LogP contribution in [0.5, 0.6) is 34.5 Å². The van der Waals surface area contributed by atoms with Crippen LogP contribution in [-0.2, 0) is 11.2 Å². The average molecular weight is 446 g/mol. The number of rotatable bonds is 7. The van der Waals surface area contributed by atoms with E-state index in [1.807, 2.05) is 18.2 Å². The van der Waals surface area contributed by atoms with Crippen molar-refractivity contribution in [3.63, 3.8) is 0 Å². The Morgan fingerprint density at radius 3 is 1.84 bits per heavy atom. The van der Waals surface area contributed by atoms with Crippen LogP contribution in [0.2, 0.25) is 0 Å². The summed E-state index contributed by atoms with van der Waals surface area (Å²) in [6, 6.07) is 5.82. The highest BCUT2D eigenvalue weighted by atomic mass is 16.6. The normalized spacial score (nSPS) is 23.7. The molecule has 0 bridgehead atoms. The maximum atomic E-state index is 10.8. The van der Waals surface area contributed by atoms with Gasteiger partial charge in [0.25, 0.3) is 0 Å². The van der Waals surface area contributed by atoms with Crippen molar-refractivity contribution >= 4 is 0 Å². The molecule has 0 spiro atoms. The molecule has 2 aliphatic rings. The van der Waals surface area contributed by atoms with E-state index in [9.17, 15) is 5.11 Å². The van der Waals surface area contributed by atoms with Crippen LogP contribution in [0.4, 0.5) is 0 Å². The second kappa shape index (κ2) is 8.96. The van der Waals surface area contributed by atoms with E-state index in [-0.39, 0.29) is 17.8 Å². The first-order valence-corrected chi connectivity index (χ1v) is 10.4. The Morgan fingerprint density at radius 1 is 0.750 bits per heavy atom. The van der Waals surface area contributed by atoms with Crippen LogP contribution in [0.25, 0.3) is 0 Å². The number of aliphatic hydroxyl groups is 1. The van der Waals surface area contributed by atoms with E-state index in [0.29, 0.717) is 41.1 Å². The van der Waals surface area contributed by atoms with Crippen molar-refractivity contribution in [2.24, 2.45) is 11.8 Å². The van der Waals surface area contributed by atoms with Crippen molar-refractivity contribution in [2.75, 3.05) is 49.3 Å². The fraction of sp³-hybridized carbons (Fsp3) is 0.500. The first-order valence-electron chi connectivity index (χ1n) is 10.4. The molecule has 4 atom stereocenters. The van der Waals surface area contributed by atoms with Gasteiger partial charge in [-0.1, -0.05) is 0 Å². The van der Waals surface area contributed by atoms with Crippen molar-refractivity contribution in [1.29, 1.82) is 0 Å². The number of benzene rings is 2. The van der Waals surface area contributed by atoms with Crippen molar-refractivity contribution in [3.05, 3.63) is 34.9 Å². The zero-order chi connectivity index (χ0) is 23.0. The largest absolute Gasteiger partial charge is 0.493 e. The van der Waals surface area contributed by atoms with Gasteiger partial charge in [0.1, 0.15) is 0 Å². The molecule has 32 heavy (non-hydrogen) atoms. The summed E-state index contributed by atoms with van der Waals surface area (Å²) in [6.07, 6.45) is -0.177. The van der Waals surface area contributed by atoms with Gasteiger partial charge in [0.05, 0.1) is 49.3 Å². The quantitative estimate of drug-likeness (QED) is 0.695. The molecule has 0 aromatic heterocycles. The van der Waals surface area contributed by atoms with Gasteiger partial charge in [-0.25, -0.2) is 0 Å². The van der Waals surface area contributed by atoms with Gasteiger partial charge in [-0.2, -0.15) is 0 Å². The molecule has 8 heteroatoms. The summed E-state index contributed by atoms with van der Waals surface area (Å²) in [5.74, 6) is 2.97. The van der Waals surface area contributed by atoms with Gasteiger partial charge >= 0.3 is 0 Å². The molecule has 2 aromatic carbocycles. The third-order valence-electron chi connectivity index (χ3n) is 6.53. The zero-order valence-corrected chi connectivity index (χ0v) is 19.3. The number of aliphatic hydroxyl groups excluding tert-OH is 1. The average Bonchev–Trinajstić information content (AvgIpc) is 3.20.